The third kappa shape index (κ3) is 6.55. The zero-order chi connectivity index (χ0) is 21.6. The second-order valence-electron chi connectivity index (χ2n) is 5.75. The predicted octanol–water partition coefficient (Wildman–Crippen LogP) is 2.95. The third-order valence-corrected chi connectivity index (χ3v) is 4.10. The first-order valence-corrected chi connectivity index (χ1v) is 8.49. The van der Waals surface area contributed by atoms with E-state index < -0.39 is 12.2 Å². The number of carbonyl (C=O) groups excluding carboxylic acids is 1. The molecule has 0 atom stereocenters. The number of hydrogen-bond acceptors (Lipinski definition) is 6. The molecule has 12 heteroatoms. The van der Waals surface area contributed by atoms with Crippen LogP contribution in [0.3, 0.4) is 0 Å². The Labute approximate surface area is 167 Å². The minimum Gasteiger partial charge on any atom is -0.358 e. The summed E-state index contributed by atoms with van der Waals surface area (Å²) in [6, 6.07) is 6.49. The van der Waals surface area contributed by atoms with Crippen molar-refractivity contribution >= 4 is 23.3 Å². The number of nitrogens with zero attached hydrogens (tertiary/aromatic N) is 4. The molecule has 0 unspecified atom stereocenters. The summed E-state index contributed by atoms with van der Waals surface area (Å²) >= 11 is 5.88. The molecule has 1 saturated heterocycles. The average molecular weight is 432 g/mol. The van der Waals surface area contributed by atoms with Crippen LogP contribution in [-0.2, 0) is 4.79 Å². The van der Waals surface area contributed by atoms with Crippen LogP contribution in [0.4, 0.5) is 23.4 Å². The van der Waals surface area contributed by atoms with Gasteiger partial charge in [-0.3, -0.25) is 4.79 Å². The zero-order valence-corrected chi connectivity index (χ0v) is 15.4. The van der Waals surface area contributed by atoms with Gasteiger partial charge in [0.2, 0.25) is 5.91 Å². The molecule has 1 aromatic heterocycles. The number of aliphatic hydroxyl groups is 1. The van der Waals surface area contributed by atoms with Gasteiger partial charge in [0, 0.05) is 18.7 Å². The Balaban J connectivity index is 0.000000537. The molecular weight excluding hydrogens is 418 g/mol. The minimum absolute atomic E-state index is 0.0303. The topological polar surface area (TPSA) is 102 Å². The fourth-order valence-electron chi connectivity index (χ4n) is 2.29. The van der Waals surface area contributed by atoms with Gasteiger partial charge >= 0.3 is 6.36 Å². The molecule has 154 valence electrons. The monoisotopic (exact) mass is 431 g/mol. The number of alkyl halides is 3. The van der Waals surface area contributed by atoms with Crippen molar-refractivity contribution in [2.24, 2.45) is 0 Å². The number of amides is 1. The lowest BCUT2D eigenvalue weighted by Crippen LogP contribution is -2.44. The highest BCUT2D eigenvalue weighted by Crippen LogP contribution is 2.27. The lowest BCUT2D eigenvalue weighted by Gasteiger charge is -2.30. The summed E-state index contributed by atoms with van der Waals surface area (Å²) < 4.78 is 44.3. The molecule has 2 heterocycles. The fourth-order valence-corrected chi connectivity index (χ4v) is 2.45. The van der Waals surface area contributed by atoms with Crippen molar-refractivity contribution in [3.63, 3.8) is 0 Å². The van der Waals surface area contributed by atoms with Crippen molar-refractivity contribution in [2.75, 3.05) is 25.0 Å². The van der Waals surface area contributed by atoms with Crippen molar-refractivity contribution in [1.29, 1.82) is 5.26 Å². The number of carbonyl (C=O) groups is 1. The Morgan fingerprint density at radius 1 is 1.34 bits per heavy atom. The first-order valence-electron chi connectivity index (χ1n) is 8.11. The van der Waals surface area contributed by atoms with Crippen LogP contribution in [0.25, 0.3) is 11.3 Å². The molecule has 1 fully saturated rings. The van der Waals surface area contributed by atoms with Crippen LogP contribution in [0.5, 0.6) is 0 Å². The van der Waals surface area contributed by atoms with Gasteiger partial charge in [-0.05, 0) is 18.6 Å². The van der Waals surface area contributed by atoms with E-state index in [-0.39, 0.29) is 34.5 Å². The van der Waals surface area contributed by atoms with Crippen LogP contribution in [0.2, 0.25) is 5.02 Å². The highest BCUT2D eigenvalue weighted by atomic mass is 35.5. The van der Waals surface area contributed by atoms with Gasteiger partial charge in [0.05, 0.1) is 17.1 Å². The van der Waals surface area contributed by atoms with Gasteiger partial charge in [-0.2, -0.15) is 5.26 Å². The quantitative estimate of drug-likeness (QED) is 0.722. The summed E-state index contributed by atoms with van der Waals surface area (Å²) in [5.41, 5.74) is 0.680. The van der Waals surface area contributed by atoms with Gasteiger partial charge in [0.25, 0.3) is 0 Å². The zero-order valence-electron chi connectivity index (χ0n) is 14.7. The average Bonchev–Trinajstić information content (AvgIpc) is 2.58. The number of nitrogens with one attached hydrogen (secondary N) is 1. The maximum atomic E-state index is 14.6. The number of halogens is 5. The summed E-state index contributed by atoms with van der Waals surface area (Å²) in [5.74, 6) is -0.832. The van der Waals surface area contributed by atoms with Crippen molar-refractivity contribution in [3.05, 3.63) is 40.9 Å². The molecular formula is C17H14ClF4N5O2. The second-order valence-corrected chi connectivity index (χ2v) is 6.15. The van der Waals surface area contributed by atoms with Gasteiger partial charge in [0.15, 0.2) is 11.6 Å². The van der Waals surface area contributed by atoms with E-state index in [0.717, 1.165) is 19.5 Å². The van der Waals surface area contributed by atoms with Crippen LogP contribution >= 0.6 is 11.6 Å². The summed E-state index contributed by atoms with van der Waals surface area (Å²) in [6.07, 6.45) is -2.80. The van der Waals surface area contributed by atoms with E-state index in [9.17, 15) is 22.4 Å². The number of benzene rings is 1. The number of anilines is 1. The first kappa shape index (κ1) is 22.3. The van der Waals surface area contributed by atoms with Gasteiger partial charge in [-0.25, -0.2) is 14.4 Å². The summed E-state index contributed by atoms with van der Waals surface area (Å²) in [7, 11) is 0. The van der Waals surface area contributed by atoms with E-state index in [0.29, 0.717) is 5.56 Å². The van der Waals surface area contributed by atoms with E-state index >= 15 is 0 Å². The molecule has 1 amide bonds. The number of aromatic nitrogens is 2. The van der Waals surface area contributed by atoms with Crippen LogP contribution in [0.15, 0.2) is 24.5 Å². The lowest BCUT2D eigenvalue weighted by molar-refractivity contribution is -0.295. The Kier molecular flexibility index (Phi) is 7.30. The molecule has 3 rings (SSSR count). The largest absolute Gasteiger partial charge is 0.519 e. The van der Waals surface area contributed by atoms with Crippen molar-refractivity contribution in [3.8, 4) is 17.3 Å². The van der Waals surface area contributed by atoms with Crippen molar-refractivity contribution in [2.45, 2.75) is 12.8 Å². The normalized spacial score (nSPS) is 12.9. The molecule has 7 nitrogen and oxygen atoms in total. The van der Waals surface area contributed by atoms with Crippen LogP contribution in [0, 0.1) is 17.1 Å². The van der Waals surface area contributed by atoms with Gasteiger partial charge < -0.3 is 15.3 Å². The van der Waals surface area contributed by atoms with Crippen LogP contribution in [-0.4, -0.2) is 51.9 Å². The molecule has 0 radical (unpaired) electrons. The lowest BCUT2D eigenvalue weighted by atomic mass is 10.1. The molecule has 0 spiro atoms. The van der Waals surface area contributed by atoms with Crippen LogP contribution in [0.1, 0.15) is 12.0 Å². The summed E-state index contributed by atoms with van der Waals surface area (Å²) in [6.45, 7) is 1.44. The van der Waals surface area contributed by atoms with E-state index in [4.69, 9.17) is 22.0 Å². The van der Waals surface area contributed by atoms with E-state index in [1.165, 1.54) is 18.5 Å². The Hall–Kier alpha value is -2.97. The molecule has 0 saturated carbocycles. The number of likely N-dealkylation sites (tertiary alicyclic amines) is 1. The second kappa shape index (κ2) is 9.49. The van der Waals surface area contributed by atoms with Gasteiger partial charge in [-0.1, -0.05) is 17.7 Å². The molecule has 2 aromatic rings. The smallest absolute Gasteiger partial charge is 0.358 e. The third-order valence-electron chi connectivity index (χ3n) is 3.77. The van der Waals surface area contributed by atoms with Gasteiger partial charge in [0.1, 0.15) is 18.1 Å². The van der Waals surface area contributed by atoms with E-state index in [1.807, 2.05) is 6.07 Å². The SMILES string of the molecule is N#Cc1cc(-c2ncnc(NCC(=O)N3CCC3)c2F)ccc1Cl.OC(F)(F)F. The van der Waals surface area contributed by atoms with Crippen molar-refractivity contribution in [1.82, 2.24) is 14.9 Å². The molecule has 0 aliphatic carbocycles. The molecule has 0 bridgehead atoms. The highest BCUT2D eigenvalue weighted by molar-refractivity contribution is 6.31. The number of rotatable bonds is 4. The summed E-state index contributed by atoms with van der Waals surface area (Å²) in [4.78, 5) is 21.3. The van der Waals surface area contributed by atoms with Gasteiger partial charge in [-0.15, -0.1) is 13.2 Å². The standard InChI is InChI=1S/C16H13ClFN5O.CHF3O/c17-12-3-2-10(6-11(12)7-19)15-14(18)16(22-9-21-15)20-8-13(24)23-4-1-5-23;2-1(3,4)5/h2-3,6,9H,1,4-5,8H2,(H,20,21,22);5H. The minimum atomic E-state index is -5.00. The fraction of sp³-hybridized carbons (Fsp3) is 0.294. The molecule has 1 aliphatic rings. The molecule has 2 N–H and O–H groups in total. The first-order chi connectivity index (χ1) is 13.6. The van der Waals surface area contributed by atoms with E-state index in [1.54, 1.807) is 11.0 Å². The number of hydrogen-bond donors (Lipinski definition) is 2. The van der Waals surface area contributed by atoms with Crippen molar-refractivity contribution < 1.29 is 27.5 Å². The maximum Gasteiger partial charge on any atom is 0.519 e. The molecule has 1 aliphatic heterocycles. The Morgan fingerprint density at radius 2 is 2.00 bits per heavy atom. The number of nitriles is 1. The molecule has 29 heavy (non-hydrogen) atoms. The van der Waals surface area contributed by atoms with E-state index in [2.05, 4.69) is 15.3 Å². The maximum absolute atomic E-state index is 14.6. The Bertz CT molecular complexity index is 923. The Morgan fingerprint density at radius 3 is 2.55 bits per heavy atom. The predicted molar refractivity (Wildman–Crippen MR) is 95.1 cm³/mol. The van der Waals surface area contributed by atoms with Crippen LogP contribution < -0.4 is 5.32 Å². The summed E-state index contributed by atoms with van der Waals surface area (Å²) in [5, 5.41) is 18.5. The molecule has 1 aromatic carbocycles. The highest BCUT2D eigenvalue weighted by Gasteiger charge is 2.21.